The van der Waals surface area contributed by atoms with E-state index in [-0.39, 0.29) is 24.3 Å². The number of nitrogens with zero attached hydrogens (tertiary/aromatic N) is 2. The van der Waals surface area contributed by atoms with Gasteiger partial charge in [0.25, 0.3) is 0 Å². The Kier molecular flexibility index (Phi) is 5.14. The Morgan fingerprint density at radius 2 is 2.05 bits per heavy atom. The van der Waals surface area contributed by atoms with E-state index in [1.807, 2.05) is 42.7 Å². The number of methoxy groups -OCH3 is 1. The number of para-hydroxylation sites is 2. The molecule has 118 valence electrons. The average molecular weight is 303 g/mol. The monoisotopic (exact) mass is 303 g/mol. The van der Waals surface area contributed by atoms with Gasteiger partial charge >= 0.3 is 5.97 Å². The van der Waals surface area contributed by atoms with Crippen molar-refractivity contribution in [1.29, 1.82) is 0 Å². The maximum atomic E-state index is 11.6. The second kappa shape index (κ2) is 7.06. The number of benzene rings is 1. The molecule has 1 aromatic heterocycles. The molecule has 1 N–H and O–H groups in total. The highest BCUT2D eigenvalue weighted by atomic mass is 16.5. The first-order chi connectivity index (χ1) is 10.5. The van der Waals surface area contributed by atoms with Gasteiger partial charge in [0.2, 0.25) is 5.91 Å². The van der Waals surface area contributed by atoms with Crippen molar-refractivity contribution >= 4 is 22.9 Å². The van der Waals surface area contributed by atoms with Crippen LogP contribution in [-0.4, -0.2) is 35.1 Å². The van der Waals surface area contributed by atoms with E-state index in [1.165, 1.54) is 7.11 Å². The van der Waals surface area contributed by atoms with E-state index in [1.54, 1.807) is 0 Å². The van der Waals surface area contributed by atoms with Gasteiger partial charge in [-0.05, 0) is 12.1 Å². The van der Waals surface area contributed by atoms with Crippen LogP contribution < -0.4 is 5.32 Å². The molecule has 0 aliphatic carbocycles. The molecule has 0 aliphatic heterocycles. The first-order valence-electron chi connectivity index (χ1n) is 7.31. The van der Waals surface area contributed by atoms with E-state index in [9.17, 15) is 9.59 Å². The van der Waals surface area contributed by atoms with Crippen molar-refractivity contribution in [3.8, 4) is 0 Å². The number of imidazole rings is 1. The molecule has 0 bridgehead atoms. The molecule has 0 radical (unpaired) electrons. The molecule has 6 nitrogen and oxygen atoms in total. The van der Waals surface area contributed by atoms with Crippen molar-refractivity contribution in [3.63, 3.8) is 0 Å². The van der Waals surface area contributed by atoms with E-state index < -0.39 is 0 Å². The van der Waals surface area contributed by atoms with Gasteiger partial charge < -0.3 is 14.6 Å². The predicted molar refractivity (Wildman–Crippen MR) is 83.3 cm³/mol. The molecule has 0 spiro atoms. The normalized spacial score (nSPS) is 10.9. The summed E-state index contributed by atoms with van der Waals surface area (Å²) < 4.78 is 6.58. The van der Waals surface area contributed by atoms with Crippen molar-refractivity contribution in [3.05, 3.63) is 30.1 Å². The highest BCUT2D eigenvalue weighted by Gasteiger charge is 2.14. The highest BCUT2D eigenvalue weighted by Crippen LogP contribution is 2.16. The highest BCUT2D eigenvalue weighted by molar-refractivity contribution is 5.79. The van der Waals surface area contributed by atoms with E-state index in [4.69, 9.17) is 4.74 Å². The van der Waals surface area contributed by atoms with Gasteiger partial charge in [-0.25, -0.2) is 4.98 Å². The number of nitrogens with one attached hydrogen (secondary N) is 1. The fourth-order valence-electron chi connectivity index (χ4n) is 2.19. The summed E-state index contributed by atoms with van der Waals surface area (Å²) in [6.45, 7) is 4.30. The maximum absolute atomic E-state index is 11.6. The summed E-state index contributed by atoms with van der Waals surface area (Å²) in [5.41, 5.74) is 1.72. The molecule has 2 aromatic rings. The third-order valence-electron chi connectivity index (χ3n) is 3.42. The lowest BCUT2D eigenvalue weighted by Crippen LogP contribution is -2.30. The minimum Gasteiger partial charge on any atom is -0.468 e. The van der Waals surface area contributed by atoms with Gasteiger partial charge in [-0.3, -0.25) is 9.59 Å². The van der Waals surface area contributed by atoms with E-state index >= 15 is 0 Å². The smallest absolute Gasteiger partial charge is 0.325 e. The van der Waals surface area contributed by atoms with Crippen molar-refractivity contribution in [2.75, 3.05) is 13.7 Å². The third kappa shape index (κ3) is 3.63. The van der Waals surface area contributed by atoms with Gasteiger partial charge in [-0.1, -0.05) is 26.0 Å². The minimum atomic E-state index is -0.324. The van der Waals surface area contributed by atoms with Crippen molar-refractivity contribution < 1.29 is 14.3 Å². The summed E-state index contributed by atoms with van der Waals surface area (Å²) in [4.78, 5) is 27.8. The zero-order chi connectivity index (χ0) is 16.1. The molecule has 0 saturated heterocycles. The Morgan fingerprint density at radius 3 is 2.73 bits per heavy atom. The Bertz CT molecular complexity index is 676. The second-order valence-electron chi connectivity index (χ2n) is 5.37. The van der Waals surface area contributed by atoms with Crippen LogP contribution in [0.25, 0.3) is 11.0 Å². The van der Waals surface area contributed by atoms with Crippen molar-refractivity contribution in [2.24, 2.45) is 5.92 Å². The second-order valence-corrected chi connectivity index (χ2v) is 5.37. The number of fused-ring (bicyclic) bond motifs is 1. The van der Waals surface area contributed by atoms with Gasteiger partial charge in [0.05, 0.1) is 18.1 Å². The SMILES string of the molecule is COC(=O)Cn1c(CCNC(=O)C(C)C)nc2ccccc21. The van der Waals surface area contributed by atoms with E-state index in [2.05, 4.69) is 10.3 Å². The number of amides is 1. The lowest BCUT2D eigenvalue weighted by Gasteiger charge is -2.09. The van der Waals surface area contributed by atoms with Crippen LogP contribution in [0, 0.1) is 5.92 Å². The first kappa shape index (κ1) is 16.0. The minimum absolute atomic E-state index is 0.00984. The molecule has 1 heterocycles. The van der Waals surface area contributed by atoms with Crippen molar-refractivity contribution in [1.82, 2.24) is 14.9 Å². The van der Waals surface area contributed by atoms with Crippen LogP contribution in [0.3, 0.4) is 0 Å². The van der Waals surface area contributed by atoms with Gasteiger partial charge in [0.1, 0.15) is 12.4 Å². The Labute approximate surface area is 129 Å². The summed E-state index contributed by atoms with van der Waals surface area (Å²) in [6, 6.07) is 7.63. The van der Waals surface area contributed by atoms with Crippen LogP contribution in [0.2, 0.25) is 0 Å². The maximum Gasteiger partial charge on any atom is 0.325 e. The molecule has 0 unspecified atom stereocenters. The number of carbonyl (C=O) groups is 2. The topological polar surface area (TPSA) is 73.2 Å². The zero-order valence-corrected chi connectivity index (χ0v) is 13.1. The molecule has 1 amide bonds. The predicted octanol–water partition coefficient (Wildman–Crippen LogP) is 1.52. The lowest BCUT2D eigenvalue weighted by molar-refractivity contribution is -0.141. The van der Waals surface area contributed by atoms with Crippen LogP contribution in [0.15, 0.2) is 24.3 Å². The quantitative estimate of drug-likeness (QED) is 0.821. The number of rotatable bonds is 6. The summed E-state index contributed by atoms with van der Waals surface area (Å²) in [5.74, 6) is 0.399. The molecular formula is C16H21N3O3. The van der Waals surface area contributed by atoms with Gasteiger partial charge in [0.15, 0.2) is 0 Å². The van der Waals surface area contributed by atoms with Crippen LogP contribution in [0.5, 0.6) is 0 Å². The van der Waals surface area contributed by atoms with Gasteiger partial charge in [0, 0.05) is 18.9 Å². The fraction of sp³-hybridized carbons (Fsp3) is 0.438. The molecule has 2 rings (SSSR count). The van der Waals surface area contributed by atoms with Crippen LogP contribution in [0.1, 0.15) is 19.7 Å². The van der Waals surface area contributed by atoms with Crippen LogP contribution in [0.4, 0.5) is 0 Å². The molecule has 22 heavy (non-hydrogen) atoms. The molecule has 6 heteroatoms. The summed E-state index contributed by atoms with van der Waals surface area (Å²) >= 11 is 0. The van der Waals surface area contributed by atoms with E-state index in [0.29, 0.717) is 13.0 Å². The Morgan fingerprint density at radius 1 is 1.32 bits per heavy atom. The lowest BCUT2D eigenvalue weighted by atomic mass is 10.2. The van der Waals surface area contributed by atoms with Gasteiger partial charge in [-0.2, -0.15) is 0 Å². The number of hydrogen-bond donors (Lipinski definition) is 1. The molecular weight excluding hydrogens is 282 g/mol. The van der Waals surface area contributed by atoms with E-state index in [0.717, 1.165) is 16.9 Å². The molecule has 0 aliphatic rings. The summed E-state index contributed by atoms with van der Waals surface area (Å²) in [7, 11) is 1.37. The van der Waals surface area contributed by atoms with Crippen LogP contribution in [-0.2, 0) is 27.3 Å². The molecule has 1 aromatic carbocycles. The standard InChI is InChI=1S/C16H21N3O3/c1-11(2)16(21)17-9-8-14-18-12-6-4-5-7-13(12)19(14)10-15(20)22-3/h4-7,11H,8-10H2,1-3H3,(H,17,21). The number of aromatic nitrogens is 2. The van der Waals surface area contributed by atoms with Crippen molar-refractivity contribution in [2.45, 2.75) is 26.8 Å². The number of hydrogen-bond acceptors (Lipinski definition) is 4. The number of esters is 1. The fourth-order valence-corrected chi connectivity index (χ4v) is 2.19. The van der Waals surface area contributed by atoms with Gasteiger partial charge in [-0.15, -0.1) is 0 Å². The molecule has 0 atom stereocenters. The Balaban J connectivity index is 2.18. The van der Waals surface area contributed by atoms with Crippen LogP contribution >= 0.6 is 0 Å². The summed E-state index contributed by atoms with van der Waals surface area (Å²) in [5, 5.41) is 2.86. The molecule has 0 saturated carbocycles. The first-order valence-corrected chi connectivity index (χ1v) is 7.31. The number of ether oxygens (including phenoxy) is 1. The summed E-state index contributed by atoms with van der Waals surface area (Å²) in [6.07, 6.45) is 0.560. The Hall–Kier alpha value is -2.37. The largest absolute Gasteiger partial charge is 0.468 e. The average Bonchev–Trinajstić information content (AvgIpc) is 2.85. The zero-order valence-electron chi connectivity index (χ0n) is 13.1. The number of carbonyl (C=O) groups excluding carboxylic acids is 2. The third-order valence-corrected chi connectivity index (χ3v) is 3.42. The molecule has 0 fully saturated rings.